The van der Waals surface area contributed by atoms with E-state index in [-0.39, 0.29) is 18.3 Å². The summed E-state index contributed by atoms with van der Waals surface area (Å²) < 4.78 is 13.8. The van der Waals surface area contributed by atoms with Gasteiger partial charge in [-0.05, 0) is 67.6 Å². The molecule has 0 saturated heterocycles. The smallest absolute Gasteiger partial charge is 0.291 e. The van der Waals surface area contributed by atoms with E-state index in [0.717, 1.165) is 4.47 Å². The highest BCUT2D eigenvalue weighted by molar-refractivity contribution is 9.10. The molecule has 168 valence electrons. The molecule has 0 unspecified atom stereocenters. The molecule has 2 N–H and O–H groups in total. The van der Waals surface area contributed by atoms with Gasteiger partial charge in [-0.3, -0.25) is 14.3 Å². The number of aryl methyl sites for hydroxylation is 1. The fourth-order valence-corrected chi connectivity index (χ4v) is 3.37. The zero-order valence-corrected chi connectivity index (χ0v) is 19.3. The molecule has 0 fully saturated rings. The SMILES string of the molecule is CCn1nccc1C(=O)Nc1cccc(NC(=O)c2ccc(COc3ccc(Br)cc3)o2)c1. The summed E-state index contributed by atoms with van der Waals surface area (Å²) in [6.07, 6.45) is 1.58. The van der Waals surface area contributed by atoms with Gasteiger partial charge in [-0.2, -0.15) is 5.10 Å². The Balaban J connectivity index is 1.36. The molecule has 4 rings (SSSR count). The molecule has 8 nitrogen and oxygen atoms in total. The molecule has 0 spiro atoms. The lowest BCUT2D eigenvalue weighted by molar-refractivity contribution is 0.0990. The van der Waals surface area contributed by atoms with Crippen molar-refractivity contribution in [1.29, 1.82) is 0 Å². The number of hydrogen-bond acceptors (Lipinski definition) is 5. The van der Waals surface area contributed by atoms with Crippen LogP contribution in [0.3, 0.4) is 0 Å². The van der Waals surface area contributed by atoms with E-state index >= 15 is 0 Å². The number of anilines is 2. The van der Waals surface area contributed by atoms with Gasteiger partial charge in [0, 0.05) is 28.6 Å². The molecular weight excluding hydrogens is 488 g/mol. The molecule has 0 aliphatic heterocycles. The summed E-state index contributed by atoms with van der Waals surface area (Å²) in [7, 11) is 0. The van der Waals surface area contributed by atoms with Crippen molar-refractivity contribution in [3.63, 3.8) is 0 Å². The fraction of sp³-hybridized carbons (Fsp3) is 0.125. The lowest BCUT2D eigenvalue weighted by Gasteiger charge is -2.09. The molecule has 4 aromatic rings. The first kappa shape index (κ1) is 22.3. The monoisotopic (exact) mass is 508 g/mol. The standard InChI is InChI=1S/C24H21BrN4O4/c1-2-29-21(12-13-26-29)23(30)27-17-4-3-5-18(14-17)28-24(31)22-11-10-20(33-22)15-32-19-8-6-16(25)7-9-19/h3-14H,2,15H2,1H3,(H,27,30)(H,28,31). The second kappa shape index (κ2) is 10.2. The summed E-state index contributed by atoms with van der Waals surface area (Å²) in [5.74, 6) is 0.695. The van der Waals surface area contributed by atoms with E-state index in [2.05, 4.69) is 31.7 Å². The van der Waals surface area contributed by atoms with Gasteiger partial charge in [0.05, 0.1) is 0 Å². The number of halogens is 1. The van der Waals surface area contributed by atoms with E-state index < -0.39 is 5.91 Å². The molecule has 0 saturated carbocycles. The van der Waals surface area contributed by atoms with Gasteiger partial charge in [0.25, 0.3) is 11.8 Å². The number of nitrogens with one attached hydrogen (secondary N) is 2. The lowest BCUT2D eigenvalue weighted by Crippen LogP contribution is -2.17. The number of carbonyl (C=O) groups excluding carboxylic acids is 2. The van der Waals surface area contributed by atoms with Crippen molar-refractivity contribution in [2.75, 3.05) is 10.6 Å². The Hall–Kier alpha value is -3.85. The molecule has 2 amide bonds. The normalized spacial score (nSPS) is 10.6. The van der Waals surface area contributed by atoms with Gasteiger partial charge in [-0.15, -0.1) is 0 Å². The molecule has 2 aromatic carbocycles. The van der Waals surface area contributed by atoms with Crippen LogP contribution in [0.1, 0.15) is 33.7 Å². The maximum atomic E-state index is 12.6. The van der Waals surface area contributed by atoms with Crippen molar-refractivity contribution in [2.45, 2.75) is 20.1 Å². The minimum atomic E-state index is -0.405. The van der Waals surface area contributed by atoms with Crippen LogP contribution in [0.25, 0.3) is 0 Å². The van der Waals surface area contributed by atoms with Gasteiger partial charge in [-0.25, -0.2) is 0 Å². The van der Waals surface area contributed by atoms with Crippen LogP contribution in [0.15, 0.2) is 81.8 Å². The third-order valence-electron chi connectivity index (χ3n) is 4.71. The molecule has 0 aliphatic carbocycles. The first-order valence-corrected chi connectivity index (χ1v) is 11.0. The second-order valence-corrected chi connectivity index (χ2v) is 7.95. The van der Waals surface area contributed by atoms with Gasteiger partial charge < -0.3 is 19.8 Å². The summed E-state index contributed by atoms with van der Waals surface area (Å²) in [6, 6.07) is 19.2. The van der Waals surface area contributed by atoms with E-state index in [4.69, 9.17) is 9.15 Å². The summed E-state index contributed by atoms with van der Waals surface area (Å²) in [5, 5.41) is 9.69. The Morgan fingerprint density at radius 1 is 1.00 bits per heavy atom. The van der Waals surface area contributed by atoms with Crippen LogP contribution < -0.4 is 15.4 Å². The first-order valence-electron chi connectivity index (χ1n) is 10.2. The third kappa shape index (κ3) is 5.69. The summed E-state index contributed by atoms with van der Waals surface area (Å²) >= 11 is 3.38. The van der Waals surface area contributed by atoms with E-state index in [1.54, 1.807) is 53.3 Å². The number of amides is 2. The van der Waals surface area contributed by atoms with Crippen molar-refractivity contribution in [3.05, 3.63) is 94.6 Å². The Labute approximate surface area is 198 Å². The molecule has 0 atom stereocenters. The summed E-state index contributed by atoms with van der Waals surface area (Å²) in [6.45, 7) is 2.70. The number of nitrogens with zero attached hydrogens (tertiary/aromatic N) is 2. The Kier molecular flexibility index (Phi) is 6.89. The highest BCUT2D eigenvalue weighted by atomic mass is 79.9. The average Bonchev–Trinajstić information content (AvgIpc) is 3.49. The highest BCUT2D eigenvalue weighted by Crippen LogP contribution is 2.20. The highest BCUT2D eigenvalue weighted by Gasteiger charge is 2.14. The van der Waals surface area contributed by atoms with E-state index in [1.807, 2.05) is 31.2 Å². The Morgan fingerprint density at radius 3 is 2.45 bits per heavy atom. The van der Waals surface area contributed by atoms with Crippen molar-refractivity contribution in [3.8, 4) is 5.75 Å². The number of aromatic nitrogens is 2. The van der Waals surface area contributed by atoms with Crippen molar-refractivity contribution >= 4 is 39.1 Å². The van der Waals surface area contributed by atoms with Crippen LogP contribution in [-0.4, -0.2) is 21.6 Å². The fourth-order valence-electron chi connectivity index (χ4n) is 3.10. The number of furan rings is 1. The zero-order valence-electron chi connectivity index (χ0n) is 17.7. The number of benzene rings is 2. The molecular formula is C24H21BrN4O4. The lowest BCUT2D eigenvalue weighted by atomic mass is 10.2. The number of rotatable bonds is 8. The Morgan fingerprint density at radius 2 is 1.73 bits per heavy atom. The van der Waals surface area contributed by atoms with E-state index in [9.17, 15) is 9.59 Å². The number of ether oxygens (including phenoxy) is 1. The van der Waals surface area contributed by atoms with Gasteiger partial charge in [-0.1, -0.05) is 22.0 Å². The number of hydrogen-bond donors (Lipinski definition) is 2. The molecule has 33 heavy (non-hydrogen) atoms. The van der Waals surface area contributed by atoms with Gasteiger partial charge in [0.15, 0.2) is 5.76 Å². The maximum Gasteiger partial charge on any atom is 0.291 e. The zero-order chi connectivity index (χ0) is 23.2. The van der Waals surface area contributed by atoms with E-state index in [0.29, 0.717) is 35.1 Å². The first-order chi connectivity index (χ1) is 16.0. The van der Waals surface area contributed by atoms with Crippen molar-refractivity contribution < 1.29 is 18.7 Å². The molecule has 0 bridgehead atoms. The third-order valence-corrected chi connectivity index (χ3v) is 5.24. The molecule has 9 heteroatoms. The predicted octanol–water partition coefficient (Wildman–Crippen LogP) is 5.34. The van der Waals surface area contributed by atoms with Crippen LogP contribution in [0.4, 0.5) is 11.4 Å². The average molecular weight is 509 g/mol. The van der Waals surface area contributed by atoms with Crippen LogP contribution in [-0.2, 0) is 13.2 Å². The minimum absolute atomic E-state index is 0.158. The van der Waals surface area contributed by atoms with Crippen LogP contribution in [0.5, 0.6) is 5.75 Å². The van der Waals surface area contributed by atoms with E-state index in [1.165, 1.54) is 0 Å². The summed E-state index contributed by atoms with van der Waals surface area (Å²) in [4.78, 5) is 25.1. The Bertz CT molecular complexity index is 1260. The van der Waals surface area contributed by atoms with Gasteiger partial charge in [0.2, 0.25) is 0 Å². The maximum absolute atomic E-state index is 12.6. The predicted molar refractivity (Wildman–Crippen MR) is 127 cm³/mol. The summed E-state index contributed by atoms with van der Waals surface area (Å²) in [5.41, 5.74) is 1.52. The largest absolute Gasteiger partial charge is 0.486 e. The topological polar surface area (TPSA) is 98.4 Å². The van der Waals surface area contributed by atoms with Crippen LogP contribution >= 0.6 is 15.9 Å². The quantitative estimate of drug-likeness (QED) is 0.334. The molecule has 2 heterocycles. The van der Waals surface area contributed by atoms with Gasteiger partial charge >= 0.3 is 0 Å². The molecule has 0 aliphatic rings. The van der Waals surface area contributed by atoms with Crippen molar-refractivity contribution in [2.24, 2.45) is 0 Å². The van der Waals surface area contributed by atoms with Crippen LogP contribution in [0.2, 0.25) is 0 Å². The van der Waals surface area contributed by atoms with Crippen LogP contribution in [0, 0.1) is 0 Å². The second-order valence-electron chi connectivity index (χ2n) is 7.03. The van der Waals surface area contributed by atoms with Crippen molar-refractivity contribution in [1.82, 2.24) is 9.78 Å². The van der Waals surface area contributed by atoms with Gasteiger partial charge in [0.1, 0.15) is 23.8 Å². The molecule has 2 aromatic heterocycles. The number of carbonyl (C=O) groups is 2. The minimum Gasteiger partial charge on any atom is -0.486 e. The molecule has 0 radical (unpaired) electrons.